The minimum Gasteiger partial charge on any atom is -0.375 e. The summed E-state index contributed by atoms with van der Waals surface area (Å²) in [7, 11) is 1.50. The molecule has 18 heavy (non-hydrogen) atoms. The van der Waals surface area contributed by atoms with Gasteiger partial charge in [0.2, 0.25) is 0 Å². The topological polar surface area (TPSA) is 21.3 Å². The average molecular weight is 280 g/mol. The monoisotopic (exact) mass is 279 g/mol. The van der Waals surface area contributed by atoms with Crippen molar-refractivity contribution in [3.05, 3.63) is 34.3 Å². The maximum Gasteiger partial charge on any atom is 0.416 e. The fraction of sp³-hybridized carbons (Fsp3) is 0.500. The number of halogens is 4. The van der Waals surface area contributed by atoms with Gasteiger partial charge in [0.25, 0.3) is 0 Å². The Bertz CT molecular complexity index is 438. The van der Waals surface area contributed by atoms with Crippen molar-refractivity contribution in [2.24, 2.45) is 0 Å². The Morgan fingerprint density at radius 1 is 1.39 bits per heavy atom. The molecule has 1 heterocycles. The highest BCUT2D eigenvalue weighted by Crippen LogP contribution is 2.37. The third-order valence-corrected chi connectivity index (χ3v) is 3.60. The van der Waals surface area contributed by atoms with Crippen LogP contribution in [0.25, 0.3) is 0 Å². The normalized spacial score (nSPS) is 18.5. The summed E-state index contributed by atoms with van der Waals surface area (Å²) in [5, 5.41) is 3.13. The summed E-state index contributed by atoms with van der Waals surface area (Å²) in [6, 6.07) is 3.84. The van der Waals surface area contributed by atoms with Crippen LogP contribution in [0.3, 0.4) is 0 Å². The molecule has 1 aliphatic heterocycles. The van der Waals surface area contributed by atoms with E-state index in [0.717, 1.165) is 6.07 Å². The lowest BCUT2D eigenvalue weighted by molar-refractivity contribution is -0.139. The van der Waals surface area contributed by atoms with Gasteiger partial charge in [0.05, 0.1) is 11.2 Å². The van der Waals surface area contributed by atoms with Gasteiger partial charge in [-0.3, -0.25) is 0 Å². The third-order valence-electron chi connectivity index (χ3n) is 3.25. The SMILES string of the molecule is COC1(Cc2c(Cl)cccc2C(F)(F)F)CNC1. The largest absolute Gasteiger partial charge is 0.416 e. The van der Waals surface area contributed by atoms with E-state index in [9.17, 15) is 13.2 Å². The van der Waals surface area contributed by atoms with Crippen molar-refractivity contribution in [1.29, 1.82) is 0 Å². The predicted molar refractivity (Wildman–Crippen MR) is 62.8 cm³/mol. The Labute approximate surface area is 108 Å². The second kappa shape index (κ2) is 4.72. The van der Waals surface area contributed by atoms with Gasteiger partial charge in [0.1, 0.15) is 0 Å². The molecule has 0 radical (unpaired) electrons. The second-order valence-corrected chi connectivity index (χ2v) is 4.84. The molecule has 1 N–H and O–H groups in total. The number of hydrogen-bond acceptors (Lipinski definition) is 2. The van der Waals surface area contributed by atoms with Crippen molar-refractivity contribution < 1.29 is 17.9 Å². The summed E-state index contributed by atoms with van der Waals surface area (Å²) in [5.41, 5.74) is -1.15. The Morgan fingerprint density at radius 2 is 2.06 bits per heavy atom. The number of benzene rings is 1. The van der Waals surface area contributed by atoms with Crippen molar-refractivity contribution in [2.75, 3.05) is 20.2 Å². The van der Waals surface area contributed by atoms with Crippen LogP contribution in [0.5, 0.6) is 0 Å². The van der Waals surface area contributed by atoms with E-state index in [4.69, 9.17) is 16.3 Å². The van der Waals surface area contributed by atoms with Gasteiger partial charge in [-0.05, 0) is 17.7 Å². The standard InChI is InChI=1S/C12H13ClF3NO/c1-18-11(6-17-7-11)5-8-9(12(14,15)16)3-2-4-10(8)13/h2-4,17H,5-7H2,1H3. The molecule has 0 spiro atoms. The third kappa shape index (κ3) is 2.48. The maximum absolute atomic E-state index is 12.9. The van der Waals surface area contributed by atoms with E-state index < -0.39 is 17.3 Å². The highest BCUT2D eigenvalue weighted by atomic mass is 35.5. The van der Waals surface area contributed by atoms with E-state index in [2.05, 4.69) is 5.32 Å². The van der Waals surface area contributed by atoms with E-state index >= 15 is 0 Å². The first-order chi connectivity index (χ1) is 8.38. The molecule has 2 rings (SSSR count). The van der Waals surface area contributed by atoms with Crippen LogP contribution in [0.4, 0.5) is 13.2 Å². The molecule has 6 heteroatoms. The summed E-state index contributed by atoms with van der Waals surface area (Å²) in [6.45, 7) is 1.07. The number of nitrogens with one attached hydrogen (secondary N) is 1. The second-order valence-electron chi connectivity index (χ2n) is 4.43. The molecule has 2 nitrogen and oxygen atoms in total. The molecule has 100 valence electrons. The Hall–Kier alpha value is -0.780. The molecule has 1 saturated heterocycles. The molecule has 1 aromatic carbocycles. The molecule has 0 aliphatic carbocycles. The van der Waals surface area contributed by atoms with Crippen LogP contribution in [0.1, 0.15) is 11.1 Å². The summed E-state index contributed by atoms with van der Waals surface area (Å²) < 4.78 is 44.1. The smallest absolute Gasteiger partial charge is 0.375 e. The number of alkyl halides is 3. The zero-order valence-corrected chi connectivity index (χ0v) is 10.5. The molecular formula is C12H13ClF3NO. The highest BCUT2D eigenvalue weighted by molar-refractivity contribution is 6.31. The minimum absolute atomic E-state index is 0.106. The van der Waals surface area contributed by atoms with E-state index in [1.54, 1.807) is 0 Å². The van der Waals surface area contributed by atoms with E-state index in [1.807, 2.05) is 0 Å². The molecule has 0 amide bonds. The maximum atomic E-state index is 12.9. The zero-order chi connectivity index (χ0) is 13.4. The lowest BCUT2D eigenvalue weighted by Crippen LogP contribution is -2.62. The van der Waals surface area contributed by atoms with Crippen molar-refractivity contribution in [3.8, 4) is 0 Å². The van der Waals surface area contributed by atoms with Crippen LogP contribution in [0.2, 0.25) is 5.02 Å². The number of methoxy groups -OCH3 is 1. The molecule has 0 atom stereocenters. The molecule has 1 aliphatic rings. The Kier molecular flexibility index (Phi) is 3.58. The van der Waals surface area contributed by atoms with Gasteiger partial charge < -0.3 is 10.1 Å². The first-order valence-electron chi connectivity index (χ1n) is 5.48. The van der Waals surface area contributed by atoms with Crippen LogP contribution in [-0.2, 0) is 17.3 Å². The lowest BCUT2D eigenvalue weighted by Gasteiger charge is -2.42. The van der Waals surface area contributed by atoms with Gasteiger partial charge in [0, 0.05) is 31.6 Å². The fourth-order valence-electron chi connectivity index (χ4n) is 2.07. The average Bonchev–Trinajstić information content (AvgIpc) is 2.23. The predicted octanol–water partition coefficient (Wildman–Crippen LogP) is 2.89. The van der Waals surface area contributed by atoms with Gasteiger partial charge in [-0.15, -0.1) is 0 Å². The number of hydrogen-bond donors (Lipinski definition) is 1. The highest BCUT2D eigenvalue weighted by Gasteiger charge is 2.41. The van der Waals surface area contributed by atoms with Crippen LogP contribution in [-0.4, -0.2) is 25.8 Å². The lowest BCUT2D eigenvalue weighted by atomic mass is 9.86. The van der Waals surface area contributed by atoms with E-state index in [1.165, 1.54) is 19.2 Å². The van der Waals surface area contributed by atoms with Crippen molar-refractivity contribution in [2.45, 2.75) is 18.2 Å². The van der Waals surface area contributed by atoms with Gasteiger partial charge >= 0.3 is 6.18 Å². The van der Waals surface area contributed by atoms with Crippen LogP contribution >= 0.6 is 11.6 Å². The number of rotatable bonds is 3. The van der Waals surface area contributed by atoms with E-state index in [0.29, 0.717) is 13.1 Å². The quantitative estimate of drug-likeness (QED) is 0.919. The van der Waals surface area contributed by atoms with Gasteiger partial charge in [-0.25, -0.2) is 0 Å². The minimum atomic E-state index is -4.40. The van der Waals surface area contributed by atoms with Crippen molar-refractivity contribution in [3.63, 3.8) is 0 Å². The molecule has 0 aromatic heterocycles. The van der Waals surface area contributed by atoms with Crippen molar-refractivity contribution in [1.82, 2.24) is 5.32 Å². The molecule has 0 bridgehead atoms. The van der Waals surface area contributed by atoms with Crippen molar-refractivity contribution >= 4 is 11.6 Å². The molecule has 1 fully saturated rings. The summed E-state index contributed by atoms with van der Waals surface area (Å²) in [4.78, 5) is 0. The van der Waals surface area contributed by atoms with Gasteiger partial charge in [0.15, 0.2) is 0 Å². The number of ether oxygens (including phenoxy) is 1. The van der Waals surface area contributed by atoms with Crippen LogP contribution < -0.4 is 5.32 Å². The van der Waals surface area contributed by atoms with E-state index in [-0.39, 0.29) is 17.0 Å². The summed E-state index contributed by atoms with van der Waals surface area (Å²) in [5.74, 6) is 0. The molecule has 1 aromatic rings. The molecular weight excluding hydrogens is 267 g/mol. The Morgan fingerprint density at radius 3 is 2.50 bits per heavy atom. The van der Waals surface area contributed by atoms with Gasteiger partial charge in [-0.1, -0.05) is 17.7 Å². The Balaban J connectivity index is 2.37. The van der Waals surface area contributed by atoms with Crippen LogP contribution in [0.15, 0.2) is 18.2 Å². The fourth-order valence-corrected chi connectivity index (χ4v) is 2.31. The summed E-state index contributed by atoms with van der Waals surface area (Å²) in [6.07, 6.45) is -4.24. The zero-order valence-electron chi connectivity index (χ0n) is 9.77. The molecule has 0 unspecified atom stereocenters. The van der Waals surface area contributed by atoms with Gasteiger partial charge in [-0.2, -0.15) is 13.2 Å². The summed E-state index contributed by atoms with van der Waals surface area (Å²) >= 11 is 5.90. The van der Waals surface area contributed by atoms with Crippen LogP contribution in [0, 0.1) is 0 Å². The first kappa shape index (κ1) is 13.6. The first-order valence-corrected chi connectivity index (χ1v) is 5.86. The molecule has 0 saturated carbocycles.